The van der Waals surface area contributed by atoms with E-state index in [2.05, 4.69) is 54.2 Å². The van der Waals surface area contributed by atoms with E-state index in [-0.39, 0.29) is 11.9 Å². The van der Waals surface area contributed by atoms with Gasteiger partial charge in [-0.15, -0.1) is 0 Å². The molecule has 0 aliphatic carbocycles. The zero-order valence-electron chi connectivity index (χ0n) is 15.1. The Morgan fingerprint density at radius 2 is 1.67 bits per heavy atom. The molecule has 1 aromatic heterocycles. The van der Waals surface area contributed by atoms with Crippen LogP contribution in [0.5, 0.6) is 0 Å². The lowest BCUT2D eigenvalue weighted by Gasteiger charge is -2.23. The molecule has 1 aliphatic rings. The van der Waals surface area contributed by atoms with Crippen LogP contribution in [-0.2, 0) is 0 Å². The van der Waals surface area contributed by atoms with Crippen LogP contribution in [0.25, 0.3) is 5.69 Å². The Hall–Kier alpha value is -2.07. The van der Waals surface area contributed by atoms with E-state index in [4.69, 9.17) is 0 Å². The standard InChI is InChI=1S/C20H27N3O/c1-13-9-14(2)11-18(10-13)23-15(3)12-19(16(23)4)20(24)22-17-5-7-21-8-6-17/h9-12,17,21H,5-8H2,1-4H3,(H,22,24). The quantitative estimate of drug-likeness (QED) is 0.910. The second kappa shape index (κ2) is 6.81. The molecule has 1 aliphatic heterocycles. The molecular formula is C20H27N3O. The Kier molecular flexibility index (Phi) is 4.76. The molecule has 3 rings (SSSR count). The highest BCUT2D eigenvalue weighted by Gasteiger charge is 2.20. The van der Waals surface area contributed by atoms with Crippen LogP contribution in [0.15, 0.2) is 24.3 Å². The normalized spacial score (nSPS) is 15.5. The van der Waals surface area contributed by atoms with E-state index in [1.165, 1.54) is 11.1 Å². The molecular weight excluding hydrogens is 298 g/mol. The average molecular weight is 325 g/mol. The summed E-state index contributed by atoms with van der Waals surface area (Å²) < 4.78 is 2.18. The van der Waals surface area contributed by atoms with Gasteiger partial charge in [0.2, 0.25) is 0 Å². The fraction of sp³-hybridized carbons (Fsp3) is 0.450. The van der Waals surface area contributed by atoms with Crippen molar-refractivity contribution in [3.63, 3.8) is 0 Å². The van der Waals surface area contributed by atoms with E-state index in [1.807, 2.05) is 13.0 Å². The number of hydrogen-bond donors (Lipinski definition) is 2. The molecule has 0 saturated carbocycles. The Balaban J connectivity index is 1.89. The van der Waals surface area contributed by atoms with Crippen LogP contribution in [0.2, 0.25) is 0 Å². The number of amides is 1. The number of nitrogens with zero attached hydrogens (tertiary/aromatic N) is 1. The number of rotatable bonds is 3. The van der Waals surface area contributed by atoms with E-state index in [0.717, 1.165) is 48.6 Å². The summed E-state index contributed by atoms with van der Waals surface area (Å²) in [5.41, 5.74) is 6.47. The lowest BCUT2D eigenvalue weighted by molar-refractivity contribution is 0.0929. The first-order valence-corrected chi connectivity index (χ1v) is 8.75. The van der Waals surface area contributed by atoms with Crippen LogP contribution in [-0.4, -0.2) is 29.6 Å². The second-order valence-electron chi connectivity index (χ2n) is 6.96. The molecule has 0 unspecified atom stereocenters. The summed E-state index contributed by atoms with van der Waals surface area (Å²) in [6.45, 7) is 10.3. The van der Waals surface area contributed by atoms with Crippen molar-refractivity contribution in [3.05, 3.63) is 52.3 Å². The van der Waals surface area contributed by atoms with Crippen molar-refractivity contribution in [2.75, 3.05) is 13.1 Å². The highest BCUT2D eigenvalue weighted by molar-refractivity contribution is 5.96. The molecule has 4 nitrogen and oxygen atoms in total. The monoisotopic (exact) mass is 325 g/mol. The zero-order chi connectivity index (χ0) is 17.3. The molecule has 0 bridgehead atoms. The molecule has 2 heterocycles. The zero-order valence-corrected chi connectivity index (χ0v) is 15.1. The molecule has 24 heavy (non-hydrogen) atoms. The largest absolute Gasteiger partial charge is 0.349 e. The van der Waals surface area contributed by atoms with Crippen molar-refractivity contribution in [1.82, 2.24) is 15.2 Å². The lowest BCUT2D eigenvalue weighted by Crippen LogP contribution is -2.42. The molecule has 0 radical (unpaired) electrons. The molecule has 1 saturated heterocycles. The molecule has 128 valence electrons. The van der Waals surface area contributed by atoms with Gasteiger partial charge in [0.15, 0.2) is 0 Å². The number of aromatic nitrogens is 1. The molecule has 4 heteroatoms. The van der Waals surface area contributed by atoms with Crippen LogP contribution in [0.1, 0.15) is 45.7 Å². The number of carbonyl (C=O) groups excluding carboxylic acids is 1. The van der Waals surface area contributed by atoms with Gasteiger partial charge in [0.25, 0.3) is 5.91 Å². The van der Waals surface area contributed by atoms with Gasteiger partial charge in [-0.05, 0) is 83.0 Å². The fourth-order valence-corrected chi connectivity index (χ4v) is 3.70. The third kappa shape index (κ3) is 3.39. The fourth-order valence-electron chi connectivity index (χ4n) is 3.70. The van der Waals surface area contributed by atoms with Crippen molar-refractivity contribution in [2.45, 2.75) is 46.6 Å². The third-order valence-corrected chi connectivity index (χ3v) is 4.81. The van der Waals surface area contributed by atoms with Crippen LogP contribution in [0.3, 0.4) is 0 Å². The maximum atomic E-state index is 12.7. The summed E-state index contributed by atoms with van der Waals surface area (Å²) in [4.78, 5) is 12.7. The topological polar surface area (TPSA) is 46.1 Å². The smallest absolute Gasteiger partial charge is 0.253 e. The van der Waals surface area contributed by atoms with E-state index in [1.54, 1.807) is 0 Å². The lowest BCUT2D eigenvalue weighted by atomic mass is 10.1. The number of benzene rings is 1. The van der Waals surface area contributed by atoms with Crippen LogP contribution in [0.4, 0.5) is 0 Å². The van der Waals surface area contributed by atoms with Crippen molar-refractivity contribution < 1.29 is 4.79 Å². The molecule has 0 atom stereocenters. The molecule has 1 aromatic carbocycles. The summed E-state index contributed by atoms with van der Waals surface area (Å²) in [7, 11) is 0. The average Bonchev–Trinajstić information content (AvgIpc) is 2.82. The van der Waals surface area contributed by atoms with Gasteiger partial charge in [-0.3, -0.25) is 4.79 Å². The van der Waals surface area contributed by atoms with E-state index >= 15 is 0 Å². The van der Waals surface area contributed by atoms with E-state index in [9.17, 15) is 4.79 Å². The molecule has 0 spiro atoms. The minimum absolute atomic E-state index is 0.0469. The number of piperidine rings is 1. The van der Waals surface area contributed by atoms with Crippen molar-refractivity contribution in [1.29, 1.82) is 0 Å². The predicted molar refractivity (Wildman–Crippen MR) is 98.1 cm³/mol. The Morgan fingerprint density at radius 1 is 1.04 bits per heavy atom. The highest BCUT2D eigenvalue weighted by atomic mass is 16.1. The van der Waals surface area contributed by atoms with Gasteiger partial charge in [-0.2, -0.15) is 0 Å². The van der Waals surface area contributed by atoms with Gasteiger partial charge >= 0.3 is 0 Å². The number of hydrogen-bond acceptors (Lipinski definition) is 2. The molecule has 2 aromatic rings. The van der Waals surface area contributed by atoms with E-state index < -0.39 is 0 Å². The van der Waals surface area contributed by atoms with Crippen LogP contribution >= 0.6 is 0 Å². The highest BCUT2D eigenvalue weighted by Crippen LogP contribution is 2.23. The summed E-state index contributed by atoms with van der Waals surface area (Å²) in [6.07, 6.45) is 2.00. The predicted octanol–water partition coefficient (Wildman–Crippen LogP) is 3.19. The van der Waals surface area contributed by atoms with Gasteiger partial charge in [0.1, 0.15) is 0 Å². The van der Waals surface area contributed by atoms with Crippen LogP contribution in [0, 0.1) is 27.7 Å². The molecule has 1 amide bonds. The maximum absolute atomic E-state index is 12.7. The number of nitrogens with one attached hydrogen (secondary N) is 2. The second-order valence-corrected chi connectivity index (χ2v) is 6.96. The molecule has 2 N–H and O–H groups in total. The molecule has 1 fully saturated rings. The van der Waals surface area contributed by atoms with E-state index in [0.29, 0.717) is 0 Å². The van der Waals surface area contributed by atoms with Crippen molar-refractivity contribution in [2.24, 2.45) is 0 Å². The third-order valence-electron chi connectivity index (χ3n) is 4.81. The number of aryl methyl sites for hydroxylation is 3. The Bertz CT molecular complexity index is 734. The number of carbonyl (C=O) groups is 1. The Labute approximate surface area is 144 Å². The SMILES string of the molecule is Cc1cc(C)cc(-n2c(C)cc(C(=O)NC3CCNCC3)c2C)c1. The minimum atomic E-state index is 0.0469. The maximum Gasteiger partial charge on any atom is 0.253 e. The Morgan fingerprint density at radius 3 is 2.29 bits per heavy atom. The van der Waals surface area contributed by atoms with Gasteiger partial charge in [0.05, 0.1) is 5.56 Å². The first-order chi connectivity index (χ1) is 11.5. The van der Waals surface area contributed by atoms with Crippen molar-refractivity contribution >= 4 is 5.91 Å². The summed E-state index contributed by atoms with van der Waals surface area (Å²) in [5.74, 6) is 0.0469. The van der Waals surface area contributed by atoms with Gasteiger partial charge in [-0.1, -0.05) is 6.07 Å². The van der Waals surface area contributed by atoms with Crippen molar-refractivity contribution in [3.8, 4) is 5.69 Å². The summed E-state index contributed by atoms with van der Waals surface area (Å²) in [5, 5.41) is 6.53. The van der Waals surface area contributed by atoms with Gasteiger partial charge < -0.3 is 15.2 Å². The summed E-state index contributed by atoms with van der Waals surface area (Å²) in [6, 6.07) is 8.79. The first-order valence-electron chi connectivity index (χ1n) is 8.75. The minimum Gasteiger partial charge on any atom is -0.349 e. The van der Waals surface area contributed by atoms with Gasteiger partial charge in [-0.25, -0.2) is 0 Å². The van der Waals surface area contributed by atoms with Gasteiger partial charge in [0, 0.05) is 23.1 Å². The summed E-state index contributed by atoms with van der Waals surface area (Å²) >= 11 is 0. The van der Waals surface area contributed by atoms with Crippen LogP contribution < -0.4 is 10.6 Å². The first kappa shape index (κ1) is 16.8.